The van der Waals surface area contributed by atoms with Crippen molar-refractivity contribution in [1.29, 1.82) is 0 Å². The lowest BCUT2D eigenvalue weighted by Crippen LogP contribution is -2.44. The van der Waals surface area contributed by atoms with Crippen molar-refractivity contribution in [1.82, 2.24) is 19.8 Å². The van der Waals surface area contributed by atoms with Crippen LogP contribution < -0.4 is 4.90 Å². The lowest BCUT2D eigenvalue weighted by molar-refractivity contribution is -0.133. The van der Waals surface area contributed by atoms with E-state index in [1.54, 1.807) is 0 Å². The zero-order chi connectivity index (χ0) is 23.4. The zero-order valence-electron chi connectivity index (χ0n) is 20.1. The number of aromatic nitrogens is 2. The lowest BCUT2D eigenvalue weighted by Gasteiger charge is -2.33. The van der Waals surface area contributed by atoms with E-state index in [1.165, 1.54) is 5.56 Å². The number of carbonyl (C=O) groups is 2. The molecule has 0 saturated carbocycles. The van der Waals surface area contributed by atoms with Crippen LogP contribution >= 0.6 is 0 Å². The first kappa shape index (κ1) is 23.4. The van der Waals surface area contributed by atoms with Gasteiger partial charge in [-0.1, -0.05) is 44.2 Å². The Bertz CT molecular complexity index is 990. The Morgan fingerprint density at radius 3 is 2.64 bits per heavy atom. The first-order valence-electron chi connectivity index (χ1n) is 12.2. The normalized spacial score (nSPS) is 18.2. The minimum absolute atomic E-state index is 0.0927. The molecule has 1 aromatic carbocycles. The summed E-state index contributed by atoms with van der Waals surface area (Å²) in [6.45, 7) is 10.4. The number of likely N-dealkylation sites (tertiary alicyclic amines) is 1. The molecule has 4 rings (SSSR count). The molecule has 1 atom stereocenters. The summed E-state index contributed by atoms with van der Waals surface area (Å²) >= 11 is 0. The van der Waals surface area contributed by atoms with E-state index in [9.17, 15) is 9.59 Å². The molecule has 0 spiro atoms. The Morgan fingerprint density at radius 1 is 1.15 bits per heavy atom. The quantitative estimate of drug-likeness (QED) is 0.620. The van der Waals surface area contributed by atoms with E-state index < -0.39 is 0 Å². The van der Waals surface area contributed by atoms with Crippen molar-refractivity contribution >= 4 is 17.6 Å². The summed E-state index contributed by atoms with van der Waals surface area (Å²) in [6, 6.07) is 10.2. The molecule has 0 aliphatic carbocycles. The fraction of sp³-hybridized carbons (Fsp3) is 0.538. The molecule has 176 valence electrons. The predicted molar refractivity (Wildman–Crippen MR) is 129 cm³/mol. The summed E-state index contributed by atoms with van der Waals surface area (Å²) in [7, 11) is 0. The molecule has 0 bridgehead atoms. The van der Waals surface area contributed by atoms with Gasteiger partial charge in [-0.2, -0.15) is 0 Å². The molecule has 2 amide bonds. The zero-order valence-corrected chi connectivity index (χ0v) is 20.1. The van der Waals surface area contributed by atoms with Gasteiger partial charge in [-0.3, -0.25) is 19.4 Å². The number of aryl methyl sites for hydroxylation is 1. The van der Waals surface area contributed by atoms with E-state index in [0.717, 1.165) is 61.8 Å². The lowest BCUT2D eigenvalue weighted by atomic mass is 9.96. The minimum atomic E-state index is 0.0927. The number of hydrogen-bond donors (Lipinski definition) is 0. The highest BCUT2D eigenvalue weighted by Crippen LogP contribution is 2.32. The van der Waals surface area contributed by atoms with Crippen LogP contribution in [-0.4, -0.2) is 70.9 Å². The summed E-state index contributed by atoms with van der Waals surface area (Å²) in [5.74, 6) is 1.92. The van der Waals surface area contributed by atoms with E-state index in [2.05, 4.69) is 30.9 Å². The molecule has 2 aromatic rings. The second-order valence-corrected chi connectivity index (χ2v) is 9.07. The van der Waals surface area contributed by atoms with Gasteiger partial charge < -0.3 is 4.90 Å². The molecule has 1 fully saturated rings. The Kier molecular flexibility index (Phi) is 7.38. The van der Waals surface area contributed by atoms with Gasteiger partial charge in [-0.15, -0.1) is 0 Å². The third-order valence-electron chi connectivity index (χ3n) is 6.95. The SMILES string of the molecule is CCN(CC)CC(=O)N1CCC[C@@H](c2nc(C)c3c(n2)N(CCc2ccccc2)C(=O)C3)C1. The Morgan fingerprint density at radius 2 is 1.91 bits per heavy atom. The molecular formula is C26H35N5O2. The van der Waals surface area contributed by atoms with E-state index in [-0.39, 0.29) is 17.7 Å². The largest absolute Gasteiger partial charge is 0.341 e. The molecule has 3 heterocycles. The summed E-state index contributed by atoms with van der Waals surface area (Å²) in [5.41, 5.74) is 3.04. The third-order valence-corrected chi connectivity index (χ3v) is 6.95. The van der Waals surface area contributed by atoms with Crippen LogP contribution in [0.5, 0.6) is 0 Å². The van der Waals surface area contributed by atoms with Crippen LogP contribution in [0.3, 0.4) is 0 Å². The molecule has 33 heavy (non-hydrogen) atoms. The van der Waals surface area contributed by atoms with Gasteiger partial charge >= 0.3 is 0 Å². The van der Waals surface area contributed by atoms with Crippen LogP contribution in [0.1, 0.15) is 55.3 Å². The van der Waals surface area contributed by atoms with Crippen molar-refractivity contribution < 1.29 is 9.59 Å². The maximum atomic E-state index is 12.9. The highest BCUT2D eigenvalue weighted by molar-refractivity contribution is 6.00. The molecule has 1 saturated heterocycles. The van der Waals surface area contributed by atoms with Gasteiger partial charge in [0.05, 0.1) is 13.0 Å². The number of likely N-dealkylation sites (N-methyl/N-ethyl adjacent to an activating group) is 1. The first-order valence-corrected chi connectivity index (χ1v) is 12.2. The number of hydrogen-bond acceptors (Lipinski definition) is 5. The third kappa shape index (κ3) is 5.24. The Labute approximate surface area is 196 Å². The second kappa shape index (κ2) is 10.4. The van der Waals surface area contributed by atoms with Crippen molar-refractivity contribution in [2.45, 2.75) is 52.4 Å². The average molecular weight is 450 g/mol. The van der Waals surface area contributed by atoms with E-state index in [1.807, 2.05) is 34.9 Å². The van der Waals surface area contributed by atoms with E-state index in [0.29, 0.717) is 26.1 Å². The van der Waals surface area contributed by atoms with Crippen LogP contribution in [0.4, 0.5) is 5.82 Å². The molecule has 0 radical (unpaired) electrons. The summed E-state index contributed by atoms with van der Waals surface area (Å²) < 4.78 is 0. The number of carbonyl (C=O) groups excluding carboxylic acids is 2. The van der Waals surface area contributed by atoms with Crippen molar-refractivity contribution in [3.63, 3.8) is 0 Å². The molecule has 7 heteroatoms. The summed E-state index contributed by atoms with van der Waals surface area (Å²) in [4.78, 5) is 41.3. The predicted octanol–water partition coefficient (Wildman–Crippen LogP) is 2.96. The van der Waals surface area contributed by atoms with Crippen LogP contribution in [0, 0.1) is 6.92 Å². The van der Waals surface area contributed by atoms with Crippen LogP contribution in [0.2, 0.25) is 0 Å². The summed E-state index contributed by atoms with van der Waals surface area (Å²) in [5, 5.41) is 0. The van der Waals surface area contributed by atoms with Gasteiger partial charge in [0.1, 0.15) is 11.6 Å². The minimum Gasteiger partial charge on any atom is -0.341 e. The van der Waals surface area contributed by atoms with Crippen molar-refractivity contribution in [3.8, 4) is 0 Å². The van der Waals surface area contributed by atoms with Gasteiger partial charge in [0, 0.05) is 36.8 Å². The van der Waals surface area contributed by atoms with Crippen molar-refractivity contribution in [2.75, 3.05) is 44.2 Å². The maximum absolute atomic E-state index is 12.9. The van der Waals surface area contributed by atoms with Crippen LogP contribution in [0.25, 0.3) is 0 Å². The summed E-state index contributed by atoms with van der Waals surface area (Å²) in [6.07, 6.45) is 3.08. The molecule has 0 unspecified atom stereocenters. The van der Waals surface area contributed by atoms with Gasteiger partial charge in [0.2, 0.25) is 11.8 Å². The van der Waals surface area contributed by atoms with E-state index >= 15 is 0 Å². The number of benzene rings is 1. The number of fused-ring (bicyclic) bond motifs is 1. The van der Waals surface area contributed by atoms with Crippen molar-refractivity contribution in [3.05, 3.63) is 53.0 Å². The van der Waals surface area contributed by atoms with Gasteiger partial charge in [-0.05, 0) is 44.8 Å². The van der Waals surface area contributed by atoms with Gasteiger partial charge in [0.25, 0.3) is 0 Å². The number of amides is 2. The smallest absolute Gasteiger partial charge is 0.236 e. The number of anilines is 1. The number of nitrogens with zero attached hydrogens (tertiary/aromatic N) is 5. The monoisotopic (exact) mass is 449 g/mol. The highest BCUT2D eigenvalue weighted by Gasteiger charge is 2.33. The maximum Gasteiger partial charge on any atom is 0.236 e. The standard InChI is InChI=1S/C26H35N5O2/c1-4-29(5-2)18-24(33)30-14-9-12-21(17-30)25-27-19(3)22-16-23(32)31(26(22)28-25)15-13-20-10-7-6-8-11-20/h6-8,10-11,21H,4-5,9,12-18H2,1-3H3/t21-/m1/s1. The molecule has 7 nitrogen and oxygen atoms in total. The van der Waals surface area contributed by atoms with Crippen LogP contribution in [0.15, 0.2) is 30.3 Å². The van der Waals surface area contributed by atoms with Crippen molar-refractivity contribution in [2.24, 2.45) is 0 Å². The highest BCUT2D eigenvalue weighted by atomic mass is 16.2. The van der Waals surface area contributed by atoms with Gasteiger partial charge in [-0.25, -0.2) is 9.97 Å². The molecule has 0 N–H and O–H groups in total. The molecule has 1 aromatic heterocycles. The second-order valence-electron chi connectivity index (χ2n) is 9.07. The van der Waals surface area contributed by atoms with E-state index in [4.69, 9.17) is 9.97 Å². The Balaban J connectivity index is 1.50. The fourth-order valence-electron chi connectivity index (χ4n) is 4.85. The van der Waals surface area contributed by atoms with Gasteiger partial charge in [0.15, 0.2) is 0 Å². The topological polar surface area (TPSA) is 69.6 Å². The number of rotatable bonds is 8. The molecule has 2 aliphatic heterocycles. The first-order chi connectivity index (χ1) is 16.0. The average Bonchev–Trinajstić information content (AvgIpc) is 3.17. The Hall–Kier alpha value is -2.80. The molecule has 2 aliphatic rings. The number of piperidine rings is 1. The molecular weight excluding hydrogens is 414 g/mol. The fourth-order valence-corrected chi connectivity index (χ4v) is 4.85. The van der Waals surface area contributed by atoms with Crippen LogP contribution in [-0.2, 0) is 22.4 Å².